The van der Waals surface area contributed by atoms with E-state index in [9.17, 15) is 4.79 Å². The SMILES string of the molecule is CC(C)(C)C(=O)COc1ccc(N)cc1. The lowest BCUT2D eigenvalue weighted by Crippen LogP contribution is -2.26. The van der Waals surface area contributed by atoms with Crippen molar-refractivity contribution < 1.29 is 9.53 Å². The van der Waals surface area contributed by atoms with Crippen molar-refractivity contribution >= 4 is 11.5 Å². The molecule has 2 N–H and O–H groups in total. The first-order valence-corrected chi connectivity index (χ1v) is 4.91. The number of benzene rings is 1. The fraction of sp³-hybridized carbons (Fsp3) is 0.417. The van der Waals surface area contributed by atoms with E-state index in [0.29, 0.717) is 11.4 Å². The molecule has 1 aromatic rings. The smallest absolute Gasteiger partial charge is 0.175 e. The number of nitrogen functional groups attached to an aromatic ring is 1. The number of Topliss-reactive ketones (excluding diaryl/α,β-unsaturated/α-hetero) is 1. The lowest BCUT2D eigenvalue weighted by Gasteiger charge is -2.16. The summed E-state index contributed by atoms with van der Waals surface area (Å²) in [5.41, 5.74) is 5.86. The third-order valence-corrected chi connectivity index (χ3v) is 2.09. The van der Waals surface area contributed by atoms with Gasteiger partial charge in [0.2, 0.25) is 0 Å². The van der Waals surface area contributed by atoms with Crippen LogP contribution in [0, 0.1) is 5.41 Å². The van der Waals surface area contributed by atoms with Crippen molar-refractivity contribution in [1.82, 2.24) is 0 Å². The van der Waals surface area contributed by atoms with E-state index < -0.39 is 0 Å². The Hall–Kier alpha value is -1.51. The minimum absolute atomic E-state index is 0.0827. The van der Waals surface area contributed by atoms with Gasteiger partial charge in [0.1, 0.15) is 12.4 Å². The molecular formula is C12H17NO2. The van der Waals surface area contributed by atoms with E-state index in [1.165, 1.54) is 0 Å². The summed E-state index contributed by atoms with van der Waals surface area (Å²) in [7, 11) is 0. The molecule has 0 aliphatic rings. The average molecular weight is 207 g/mol. The van der Waals surface area contributed by atoms with Crippen LogP contribution in [-0.4, -0.2) is 12.4 Å². The Morgan fingerprint density at radius 2 is 1.80 bits per heavy atom. The number of rotatable bonds is 3. The van der Waals surface area contributed by atoms with Crippen molar-refractivity contribution in [2.45, 2.75) is 20.8 Å². The van der Waals surface area contributed by atoms with E-state index in [2.05, 4.69) is 0 Å². The van der Waals surface area contributed by atoms with E-state index in [0.717, 1.165) is 0 Å². The standard InChI is InChI=1S/C12H17NO2/c1-12(2,3)11(14)8-15-10-6-4-9(13)5-7-10/h4-7H,8,13H2,1-3H3. The van der Waals surface area contributed by atoms with Gasteiger partial charge in [-0.2, -0.15) is 0 Å². The van der Waals surface area contributed by atoms with Gasteiger partial charge in [0.25, 0.3) is 0 Å². The lowest BCUT2D eigenvalue weighted by atomic mass is 9.91. The highest BCUT2D eigenvalue weighted by Crippen LogP contribution is 2.17. The van der Waals surface area contributed by atoms with Crippen LogP contribution in [0.4, 0.5) is 5.69 Å². The molecule has 0 spiro atoms. The van der Waals surface area contributed by atoms with Crippen molar-refractivity contribution in [2.75, 3.05) is 12.3 Å². The number of nitrogens with two attached hydrogens (primary N) is 1. The number of ketones is 1. The van der Waals surface area contributed by atoms with Gasteiger partial charge in [-0.05, 0) is 24.3 Å². The van der Waals surface area contributed by atoms with E-state index in [4.69, 9.17) is 10.5 Å². The molecule has 1 aromatic carbocycles. The Bertz CT molecular complexity index is 336. The fourth-order valence-electron chi connectivity index (χ4n) is 0.929. The summed E-state index contributed by atoms with van der Waals surface area (Å²) < 4.78 is 5.34. The maximum Gasteiger partial charge on any atom is 0.175 e. The summed E-state index contributed by atoms with van der Waals surface area (Å²) in [6.45, 7) is 5.73. The van der Waals surface area contributed by atoms with Crippen LogP contribution in [0.15, 0.2) is 24.3 Å². The third-order valence-electron chi connectivity index (χ3n) is 2.09. The van der Waals surface area contributed by atoms with Crippen molar-refractivity contribution in [2.24, 2.45) is 5.41 Å². The Labute approximate surface area is 90.2 Å². The molecule has 0 aromatic heterocycles. The van der Waals surface area contributed by atoms with Gasteiger partial charge in [-0.15, -0.1) is 0 Å². The van der Waals surface area contributed by atoms with Crippen LogP contribution >= 0.6 is 0 Å². The van der Waals surface area contributed by atoms with Crippen molar-refractivity contribution in [1.29, 1.82) is 0 Å². The highest BCUT2D eigenvalue weighted by Gasteiger charge is 2.21. The molecule has 1 rings (SSSR count). The van der Waals surface area contributed by atoms with Crippen LogP contribution in [0.3, 0.4) is 0 Å². The molecule has 0 heterocycles. The highest BCUT2D eigenvalue weighted by atomic mass is 16.5. The first-order valence-electron chi connectivity index (χ1n) is 4.91. The first-order chi connectivity index (χ1) is 6.89. The molecular weight excluding hydrogens is 190 g/mol. The molecule has 0 saturated heterocycles. The van der Waals surface area contributed by atoms with Crippen LogP contribution < -0.4 is 10.5 Å². The number of anilines is 1. The predicted octanol–water partition coefficient (Wildman–Crippen LogP) is 2.26. The second kappa shape index (κ2) is 4.34. The molecule has 0 atom stereocenters. The molecule has 0 aliphatic heterocycles. The van der Waals surface area contributed by atoms with Gasteiger partial charge in [0.05, 0.1) is 0 Å². The minimum Gasteiger partial charge on any atom is -0.486 e. The largest absolute Gasteiger partial charge is 0.486 e. The fourth-order valence-corrected chi connectivity index (χ4v) is 0.929. The second-order valence-corrected chi connectivity index (χ2v) is 4.53. The summed E-state index contributed by atoms with van der Waals surface area (Å²) in [4.78, 5) is 11.6. The lowest BCUT2D eigenvalue weighted by molar-refractivity contribution is -0.128. The van der Waals surface area contributed by atoms with Crippen LogP contribution in [0.1, 0.15) is 20.8 Å². The van der Waals surface area contributed by atoms with Crippen molar-refractivity contribution in [3.63, 3.8) is 0 Å². The maximum absolute atomic E-state index is 11.6. The Kier molecular flexibility index (Phi) is 3.35. The zero-order valence-electron chi connectivity index (χ0n) is 9.41. The maximum atomic E-state index is 11.6. The minimum atomic E-state index is -0.353. The summed E-state index contributed by atoms with van der Waals surface area (Å²) in [5.74, 6) is 0.751. The van der Waals surface area contributed by atoms with Crippen LogP contribution in [0.5, 0.6) is 5.75 Å². The van der Waals surface area contributed by atoms with E-state index in [-0.39, 0.29) is 17.8 Å². The van der Waals surface area contributed by atoms with E-state index in [1.54, 1.807) is 24.3 Å². The van der Waals surface area contributed by atoms with E-state index in [1.807, 2.05) is 20.8 Å². The zero-order valence-corrected chi connectivity index (χ0v) is 9.41. The second-order valence-electron chi connectivity index (χ2n) is 4.53. The van der Waals surface area contributed by atoms with Crippen LogP contribution in [0.25, 0.3) is 0 Å². The number of carbonyl (C=O) groups is 1. The molecule has 3 nitrogen and oxygen atoms in total. The zero-order chi connectivity index (χ0) is 11.5. The summed E-state index contributed by atoms with van der Waals surface area (Å²) in [6, 6.07) is 7.00. The normalized spacial score (nSPS) is 11.1. The summed E-state index contributed by atoms with van der Waals surface area (Å²) >= 11 is 0. The predicted molar refractivity (Wildman–Crippen MR) is 60.8 cm³/mol. The number of carbonyl (C=O) groups excluding carboxylic acids is 1. The Balaban J connectivity index is 2.51. The van der Waals surface area contributed by atoms with Crippen LogP contribution in [-0.2, 0) is 4.79 Å². The van der Waals surface area contributed by atoms with Crippen LogP contribution in [0.2, 0.25) is 0 Å². The van der Waals surface area contributed by atoms with E-state index >= 15 is 0 Å². The molecule has 3 heteroatoms. The molecule has 0 unspecified atom stereocenters. The molecule has 0 fully saturated rings. The highest BCUT2D eigenvalue weighted by molar-refractivity contribution is 5.85. The number of hydrogen-bond donors (Lipinski definition) is 1. The first kappa shape index (κ1) is 11.6. The van der Waals surface area contributed by atoms with Crippen molar-refractivity contribution in [3.05, 3.63) is 24.3 Å². The summed E-state index contributed by atoms with van der Waals surface area (Å²) in [6.07, 6.45) is 0. The Morgan fingerprint density at radius 1 is 1.27 bits per heavy atom. The van der Waals surface area contributed by atoms with Gasteiger partial charge in [0, 0.05) is 11.1 Å². The van der Waals surface area contributed by atoms with Gasteiger partial charge in [0.15, 0.2) is 5.78 Å². The molecule has 15 heavy (non-hydrogen) atoms. The van der Waals surface area contributed by atoms with Gasteiger partial charge in [-0.1, -0.05) is 20.8 Å². The molecule has 0 radical (unpaired) electrons. The van der Waals surface area contributed by atoms with Gasteiger partial charge in [-0.25, -0.2) is 0 Å². The van der Waals surface area contributed by atoms with Gasteiger partial charge < -0.3 is 10.5 Å². The third kappa shape index (κ3) is 3.62. The molecule has 82 valence electrons. The molecule has 0 bridgehead atoms. The average Bonchev–Trinajstić information content (AvgIpc) is 2.15. The Morgan fingerprint density at radius 3 is 2.27 bits per heavy atom. The molecule has 0 saturated carbocycles. The van der Waals surface area contributed by atoms with Gasteiger partial charge in [-0.3, -0.25) is 4.79 Å². The summed E-state index contributed by atoms with van der Waals surface area (Å²) in [5, 5.41) is 0. The number of ether oxygens (including phenoxy) is 1. The molecule has 0 aliphatic carbocycles. The quantitative estimate of drug-likeness (QED) is 0.773. The van der Waals surface area contributed by atoms with Crippen molar-refractivity contribution in [3.8, 4) is 5.75 Å². The van der Waals surface area contributed by atoms with Gasteiger partial charge >= 0.3 is 0 Å². The molecule has 0 amide bonds. The topological polar surface area (TPSA) is 52.3 Å². The monoisotopic (exact) mass is 207 g/mol. The number of hydrogen-bond acceptors (Lipinski definition) is 3.